The summed E-state index contributed by atoms with van der Waals surface area (Å²) in [4.78, 5) is 19.6. The third kappa shape index (κ3) is 3.52. The number of nitrogens with zero attached hydrogens (tertiary/aromatic N) is 4. The van der Waals surface area contributed by atoms with Gasteiger partial charge in [0.15, 0.2) is 0 Å². The first-order valence-corrected chi connectivity index (χ1v) is 9.42. The predicted octanol–water partition coefficient (Wildman–Crippen LogP) is 2.56. The first kappa shape index (κ1) is 16.5. The molecule has 134 valence electrons. The zero-order chi connectivity index (χ0) is 17.4. The van der Waals surface area contributed by atoms with Crippen LogP contribution in [0.5, 0.6) is 0 Å². The number of fused-ring (bicyclic) bond motifs is 1. The first-order valence-electron chi connectivity index (χ1n) is 9.42. The standard InChI is InChI=1S/C20H28N4O/c1-21-10-3-11-23(13-12-21)20(25)17-6-7-18-8-9-19(24(18)15-17)22(2)14-16-4-5-16/h6-9,15-16H,3-5,10-14H2,1-2H3. The highest BCUT2D eigenvalue weighted by atomic mass is 16.2. The Bertz CT molecular complexity index is 764. The molecule has 25 heavy (non-hydrogen) atoms. The van der Waals surface area contributed by atoms with E-state index in [4.69, 9.17) is 0 Å². The highest BCUT2D eigenvalue weighted by Gasteiger charge is 2.24. The van der Waals surface area contributed by atoms with Gasteiger partial charge in [-0.25, -0.2) is 0 Å². The molecule has 0 aromatic carbocycles. The van der Waals surface area contributed by atoms with Crippen molar-refractivity contribution in [2.75, 3.05) is 51.7 Å². The smallest absolute Gasteiger partial charge is 0.255 e. The average molecular weight is 340 g/mol. The Hall–Kier alpha value is -2.01. The van der Waals surface area contributed by atoms with E-state index in [2.05, 4.69) is 46.5 Å². The van der Waals surface area contributed by atoms with Gasteiger partial charge in [-0.2, -0.15) is 0 Å². The van der Waals surface area contributed by atoms with Gasteiger partial charge in [-0.3, -0.25) is 4.79 Å². The molecule has 5 nitrogen and oxygen atoms in total. The summed E-state index contributed by atoms with van der Waals surface area (Å²) >= 11 is 0. The van der Waals surface area contributed by atoms with E-state index in [1.54, 1.807) is 0 Å². The lowest BCUT2D eigenvalue weighted by molar-refractivity contribution is 0.0762. The number of anilines is 1. The Labute approximate surface area is 149 Å². The topological polar surface area (TPSA) is 31.2 Å². The Morgan fingerprint density at radius 2 is 1.92 bits per heavy atom. The van der Waals surface area contributed by atoms with Crippen molar-refractivity contribution in [3.8, 4) is 0 Å². The van der Waals surface area contributed by atoms with Crippen molar-refractivity contribution in [3.63, 3.8) is 0 Å². The highest BCUT2D eigenvalue weighted by Crippen LogP contribution is 2.31. The van der Waals surface area contributed by atoms with Crippen LogP contribution < -0.4 is 4.90 Å². The summed E-state index contributed by atoms with van der Waals surface area (Å²) in [5.41, 5.74) is 1.93. The van der Waals surface area contributed by atoms with E-state index in [-0.39, 0.29) is 5.91 Å². The quantitative estimate of drug-likeness (QED) is 0.857. The second-order valence-corrected chi connectivity index (χ2v) is 7.68. The van der Waals surface area contributed by atoms with Crippen molar-refractivity contribution >= 4 is 17.2 Å². The molecule has 1 aliphatic heterocycles. The molecule has 0 spiro atoms. The van der Waals surface area contributed by atoms with Gasteiger partial charge in [0, 0.05) is 44.9 Å². The molecule has 3 heterocycles. The Kier molecular flexibility index (Phi) is 4.42. The maximum atomic E-state index is 13.0. The van der Waals surface area contributed by atoms with Crippen LogP contribution in [0, 0.1) is 5.92 Å². The molecule has 1 amide bonds. The molecule has 2 aliphatic rings. The SMILES string of the molecule is CN1CCCN(C(=O)c2ccc3ccc(N(C)CC4CC4)n3c2)CC1. The van der Waals surface area contributed by atoms with Gasteiger partial charge < -0.3 is 19.1 Å². The van der Waals surface area contributed by atoms with E-state index in [0.717, 1.165) is 56.1 Å². The molecule has 2 aromatic heterocycles. The molecule has 4 rings (SSSR count). The normalized spacial score (nSPS) is 19.2. The maximum absolute atomic E-state index is 13.0. The molecule has 1 aliphatic carbocycles. The number of amides is 1. The van der Waals surface area contributed by atoms with E-state index in [1.807, 2.05) is 17.2 Å². The van der Waals surface area contributed by atoms with Gasteiger partial charge in [0.25, 0.3) is 5.91 Å². The second kappa shape index (κ2) is 6.71. The molecule has 0 unspecified atom stereocenters. The fraction of sp³-hybridized carbons (Fsp3) is 0.550. The first-order chi connectivity index (χ1) is 12.1. The van der Waals surface area contributed by atoms with Crippen molar-refractivity contribution in [1.82, 2.24) is 14.2 Å². The minimum absolute atomic E-state index is 0.154. The Morgan fingerprint density at radius 3 is 2.72 bits per heavy atom. The number of aromatic nitrogens is 1. The third-order valence-electron chi connectivity index (χ3n) is 5.50. The van der Waals surface area contributed by atoms with E-state index in [1.165, 1.54) is 18.7 Å². The summed E-state index contributed by atoms with van der Waals surface area (Å²) in [6.07, 6.45) is 5.76. The fourth-order valence-electron chi connectivity index (χ4n) is 3.74. The zero-order valence-corrected chi connectivity index (χ0v) is 15.3. The van der Waals surface area contributed by atoms with Crippen molar-refractivity contribution in [2.24, 2.45) is 5.92 Å². The summed E-state index contributed by atoms with van der Waals surface area (Å²) < 4.78 is 2.17. The molecular weight excluding hydrogens is 312 g/mol. The lowest BCUT2D eigenvalue weighted by atomic mass is 10.2. The van der Waals surface area contributed by atoms with Crippen LogP contribution in [0.2, 0.25) is 0 Å². The molecule has 0 N–H and O–H groups in total. The summed E-state index contributed by atoms with van der Waals surface area (Å²) in [6, 6.07) is 8.32. The minimum Gasteiger partial charge on any atom is -0.361 e. The van der Waals surface area contributed by atoms with Crippen LogP contribution in [0.4, 0.5) is 5.82 Å². The molecule has 2 fully saturated rings. The number of rotatable bonds is 4. The largest absolute Gasteiger partial charge is 0.361 e. The van der Waals surface area contributed by atoms with E-state index in [9.17, 15) is 4.79 Å². The fourth-order valence-corrected chi connectivity index (χ4v) is 3.74. The summed E-state index contributed by atoms with van der Waals surface area (Å²) in [7, 11) is 4.28. The second-order valence-electron chi connectivity index (χ2n) is 7.68. The molecular formula is C20H28N4O. The van der Waals surface area contributed by atoms with Crippen molar-refractivity contribution in [1.29, 1.82) is 0 Å². The third-order valence-corrected chi connectivity index (χ3v) is 5.50. The average Bonchev–Trinajstić information content (AvgIpc) is 3.36. The molecule has 1 saturated carbocycles. The predicted molar refractivity (Wildman–Crippen MR) is 101 cm³/mol. The van der Waals surface area contributed by atoms with Gasteiger partial charge in [-0.15, -0.1) is 0 Å². The zero-order valence-electron chi connectivity index (χ0n) is 15.3. The van der Waals surface area contributed by atoms with Crippen molar-refractivity contribution in [3.05, 3.63) is 36.0 Å². The van der Waals surface area contributed by atoms with Crippen LogP contribution >= 0.6 is 0 Å². The maximum Gasteiger partial charge on any atom is 0.255 e. The van der Waals surface area contributed by atoms with Gasteiger partial charge in [-0.05, 0) is 63.0 Å². The van der Waals surface area contributed by atoms with Crippen molar-refractivity contribution in [2.45, 2.75) is 19.3 Å². The molecule has 0 atom stereocenters. The monoisotopic (exact) mass is 340 g/mol. The van der Waals surface area contributed by atoms with Crippen molar-refractivity contribution < 1.29 is 4.79 Å². The number of likely N-dealkylation sites (N-methyl/N-ethyl adjacent to an activating group) is 1. The number of carbonyl (C=O) groups excluding carboxylic acids is 1. The molecule has 0 radical (unpaired) electrons. The highest BCUT2D eigenvalue weighted by molar-refractivity contribution is 5.94. The molecule has 5 heteroatoms. The van der Waals surface area contributed by atoms with Crippen LogP contribution in [-0.4, -0.2) is 66.9 Å². The van der Waals surface area contributed by atoms with Crippen LogP contribution in [0.25, 0.3) is 5.52 Å². The number of pyridine rings is 1. The van der Waals surface area contributed by atoms with Gasteiger partial charge in [0.2, 0.25) is 0 Å². The number of hydrogen-bond acceptors (Lipinski definition) is 3. The van der Waals surface area contributed by atoms with E-state index >= 15 is 0 Å². The summed E-state index contributed by atoms with van der Waals surface area (Å²) in [6.45, 7) is 4.78. The van der Waals surface area contributed by atoms with Crippen LogP contribution in [0.1, 0.15) is 29.6 Å². The van der Waals surface area contributed by atoms with Gasteiger partial charge in [-0.1, -0.05) is 0 Å². The van der Waals surface area contributed by atoms with Crippen LogP contribution in [0.15, 0.2) is 30.5 Å². The minimum atomic E-state index is 0.154. The number of hydrogen-bond donors (Lipinski definition) is 0. The van der Waals surface area contributed by atoms with Gasteiger partial charge in [0.1, 0.15) is 5.82 Å². The van der Waals surface area contributed by atoms with E-state index < -0.39 is 0 Å². The Morgan fingerprint density at radius 1 is 1.12 bits per heavy atom. The molecule has 2 aromatic rings. The number of carbonyl (C=O) groups is 1. The van der Waals surface area contributed by atoms with Gasteiger partial charge in [0.05, 0.1) is 5.56 Å². The Balaban J connectivity index is 1.57. The van der Waals surface area contributed by atoms with Gasteiger partial charge >= 0.3 is 0 Å². The molecule has 1 saturated heterocycles. The molecule has 0 bridgehead atoms. The summed E-state index contributed by atoms with van der Waals surface area (Å²) in [5, 5.41) is 0. The van der Waals surface area contributed by atoms with E-state index in [0.29, 0.717) is 0 Å². The lowest BCUT2D eigenvalue weighted by Gasteiger charge is -2.22. The lowest BCUT2D eigenvalue weighted by Crippen LogP contribution is -2.34. The summed E-state index contributed by atoms with van der Waals surface area (Å²) in [5.74, 6) is 2.17. The van der Waals surface area contributed by atoms with Crippen LogP contribution in [0.3, 0.4) is 0 Å². The van der Waals surface area contributed by atoms with Crippen LogP contribution in [-0.2, 0) is 0 Å².